The molecule has 0 amide bonds. The van der Waals surface area contributed by atoms with Gasteiger partial charge in [-0.25, -0.2) is 0 Å². The third-order valence-corrected chi connectivity index (χ3v) is 3.45. The molecule has 3 N–H and O–H groups in total. The molecule has 1 aliphatic heterocycles. The Bertz CT molecular complexity index is 738. The summed E-state index contributed by atoms with van der Waals surface area (Å²) >= 11 is 0. The summed E-state index contributed by atoms with van der Waals surface area (Å²) in [7, 11) is 0. The van der Waals surface area contributed by atoms with Gasteiger partial charge in [0, 0.05) is 11.6 Å². The Morgan fingerprint density at radius 1 is 1.37 bits per heavy atom. The second-order valence-electron chi connectivity index (χ2n) is 4.71. The van der Waals surface area contributed by atoms with Gasteiger partial charge in [-0.05, 0) is 24.6 Å². The quantitative estimate of drug-likeness (QED) is 0.731. The highest BCUT2D eigenvalue weighted by molar-refractivity contribution is 6.16. The predicted molar refractivity (Wildman–Crippen MR) is 68.9 cm³/mol. The van der Waals surface area contributed by atoms with Crippen molar-refractivity contribution in [3.8, 4) is 11.6 Å². The third-order valence-electron chi connectivity index (χ3n) is 3.45. The van der Waals surface area contributed by atoms with E-state index in [0.717, 1.165) is 17.0 Å². The summed E-state index contributed by atoms with van der Waals surface area (Å²) in [5.41, 5.74) is 2.24. The Balaban J connectivity index is 1.78. The molecule has 96 valence electrons. The molecule has 2 aliphatic rings. The summed E-state index contributed by atoms with van der Waals surface area (Å²) in [4.78, 5) is 19.6. The maximum Gasteiger partial charge on any atom is 0.205 e. The molecule has 0 radical (unpaired) electrons. The molecule has 1 aliphatic carbocycles. The zero-order valence-electron chi connectivity index (χ0n) is 10.2. The molecule has 0 bridgehead atoms. The Kier molecular flexibility index (Phi) is 1.75. The molecule has 2 aromatic heterocycles. The van der Waals surface area contributed by atoms with Gasteiger partial charge in [-0.2, -0.15) is 0 Å². The highest BCUT2D eigenvalue weighted by Crippen LogP contribution is 2.41. The number of Topliss-reactive ketones (excluding diaryl/α,β-unsaturated/α-hetero) is 1. The average molecular weight is 257 g/mol. The second-order valence-corrected chi connectivity index (χ2v) is 4.71. The van der Waals surface area contributed by atoms with Crippen LogP contribution in [-0.2, 0) is 0 Å². The van der Waals surface area contributed by atoms with E-state index in [2.05, 4.69) is 9.97 Å². The molecule has 0 spiro atoms. The molecule has 3 heterocycles. The van der Waals surface area contributed by atoms with E-state index in [1.54, 1.807) is 6.92 Å². The Hall–Kier alpha value is -2.63. The standard InChI is InChI=1S/C13H11N3O3/c1-6-2-7-3-9(14-11(7)12(6)18)16-5-19-8-4-10(17)15-13(8)16/h2-4,14-15,17H,5H2,1H3. The fourth-order valence-electron chi connectivity index (χ4n) is 2.51. The first-order valence-corrected chi connectivity index (χ1v) is 5.92. The van der Waals surface area contributed by atoms with E-state index < -0.39 is 0 Å². The number of rotatable bonds is 1. The normalized spacial score (nSPS) is 16.4. The van der Waals surface area contributed by atoms with Gasteiger partial charge in [0.05, 0.1) is 5.69 Å². The molecule has 6 nitrogen and oxygen atoms in total. The van der Waals surface area contributed by atoms with Crippen LogP contribution in [0.3, 0.4) is 0 Å². The van der Waals surface area contributed by atoms with Gasteiger partial charge in [0.1, 0.15) is 5.82 Å². The van der Waals surface area contributed by atoms with Crippen molar-refractivity contribution in [1.82, 2.24) is 9.97 Å². The number of H-pyrrole nitrogens is 2. The van der Waals surface area contributed by atoms with Crippen molar-refractivity contribution in [1.29, 1.82) is 0 Å². The zero-order chi connectivity index (χ0) is 13.1. The summed E-state index contributed by atoms with van der Waals surface area (Å²) < 4.78 is 5.45. The molecule has 19 heavy (non-hydrogen) atoms. The number of fused-ring (bicyclic) bond motifs is 2. The number of aromatic nitrogens is 2. The summed E-state index contributed by atoms with van der Waals surface area (Å²) in [6.07, 6.45) is 1.86. The van der Waals surface area contributed by atoms with Crippen LogP contribution < -0.4 is 9.64 Å². The number of ether oxygens (including phenoxy) is 1. The third kappa shape index (κ3) is 1.28. The van der Waals surface area contributed by atoms with E-state index in [0.29, 0.717) is 24.0 Å². The highest BCUT2D eigenvalue weighted by Gasteiger charge is 2.29. The lowest BCUT2D eigenvalue weighted by atomic mass is 10.2. The number of carbonyl (C=O) groups is 1. The molecular formula is C13H11N3O3. The molecule has 0 saturated heterocycles. The Labute approximate surface area is 108 Å². The van der Waals surface area contributed by atoms with Crippen molar-refractivity contribution >= 4 is 23.5 Å². The number of carbonyl (C=O) groups excluding carboxylic acids is 1. The number of nitrogens with one attached hydrogen (secondary N) is 2. The predicted octanol–water partition coefficient (Wildman–Crippen LogP) is 2.14. The number of hydrogen-bond donors (Lipinski definition) is 3. The Morgan fingerprint density at radius 2 is 2.21 bits per heavy atom. The van der Waals surface area contributed by atoms with Crippen LogP contribution in [0.2, 0.25) is 0 Å². The molecule has 0 saturated carbocycles. The van der Waals surface area contributed by atoms with E-state index in [1.165, 1.54) is 6.07 Å². The maximum absolute atomic E-state index is 11.9. The van der Waals surface area contributed by atoms with E-state index >= 15 is 0 Å². The molecule has 0 aromatic carbocycles. The number of aromatic amines is 2. The Morgan fingerprint density at radius 3 is 3.00 bits per heavy atom. The summed E-state index contributed by atoms with van der Waals surface area (Å²) in [5.74, 6) is 2.13. The lowest BCUT2D eigenvalue weighted by molar-refractivity contribution is 0.103. The number of nitrogens with zero attached hydrogens (tertiary/aromatic N) is 1. The van der Waals surface area contributed by atoms with Crippen LogP contribution >= 0.6 is 0 Å². The van der Waals surface area contributed by atoms with Gasteiger partial charge in [0.15, 0.2) is 24.2 Å². The lowest BCUT2D eigenvalue weighted by Crippen LogP contribution is -2.17. The van der Waals surface area contributed by atoms with Crippen LogP contribution in [0.25, 0.3) is 6.08 Å². The maximum atomic E-state index is 11.9. The van der Waals surface area contributed by atoms with Crippen molar-refractivity contribution in [2.75, 3.05) is 11.6 Å². The fourth-order valence-corrected chi connectivity index (χ4v) is 2.51. The fraction of sp³-hybridized carbons (Fsp3) is 0.154. The smallest absolute Gasteiger partial charge is 0.205 e. The minimum Gasteiger partial charge on any atom is -0.494 e. The SMILES string of the molecule is CC1=Cc2cc(N3COc4cc(O)[nH]c43)[nH]c2C1=O. The van der Waals surface area contributed by atoms with Crippen LogP contribution in [-0.4, -0.2) is 27.6 Å². The van der Waals surface area contributed by atoms with Crippen molar-refractivity contribution in [3.05, 3.63) is 29.0 Å². The number of ketones is 1. The van der Waals surface area contributed by atoms with E-state index in [4.69, 9.17) is 4.74 Å². The topological polar surface area (TPSA) is 81.3 Å². The van der Waals surface area contributed by atoms with Gasteiger partial charge in [-0.15, -0.1) is 0 Å². The van der Waals surface area contributed by atoms with Crippen molar-refractivity contribution in [3.63, 3.8) is 0 Å². The highest BCUT2D eigenvalue weighted by atomic mass is 16.5. The van der Waals surface area contributed by atoms with Crippen molar-refractivity contribution in [2.45, 2.75) is 6.92 Å². The van der Waals surface area contributed by atoms with Gasteiger partial charge < -0.3 is 19.8 Å². The number of hydrogen-bond acceptors (Lipinski definition) is 4. The first kappa shape index (κ1) is 10.3. The average Bonchev–Trinajstić information content (AvgIpc) is 3.04. The lowest BCUT2D eigenvalue weighted by Gasteiger charge is -2.13. The number of allylic oxidation sites excluding steroid dienone is 1. The van der Waals surface area contributed by atoms with Gasteiger partial charge in [0.2, 0.25) is 5.78 Å². The molecule has 0 unspecified atom stereocenters. The van der Waals surface area contributed by atoms with Crippen LogP contribution in [0.15, 0.2) is 17.7 Å². The monoisotopic (exact) mass is 257 g/mol. The van der Waals surface area contributed by atoms with Crippen molar-refractivity contribution in [2.24, 2.45) is 0 Å². The number of aromatic hydroxyl groups is 1. The van der Waals surface area contributed by atoms with Crippen LogP contribution in [0.1, 0.15) is 23.0 Å². The second kappa shape index (κ2) is 3.23. The number of anilines is 2. The van der Waals surface area contributed by atoms with Gasteiger partial charge in [-0.1, -0.05) is 0 Å². The van der Waals surface area contributed by atoms with E-state index in [1.807, 2.05) is 17.0 Å². The van der Waals surface area contributed by atoms with Crippen LogP contribution in [0, 0.1) is 0 Å². The zero-order valence-corrected chi connectivity index (χ0v) is 10.2. The van der Waals surface area contributed by atoms with Gasteiger partial charge in [-0.3, -0.25) is 9.69 Å². The first-order chi connectivity index (χ1) is 9.13. The molecule has 4 rings (SSSR count). The largest absolute Gasteiger partial charge is 0.494 e. The van der Waals surface area contributed by atoms with E-state index in [9.17, 15) is 9.90 Å². The first-order valence-electron chi connectivity index (χ1n) is 5.92. The van der Waals surface area contributed by atoms with Gasteiger partial charge >= 0.3 is 0 Å². The van der Waals surface area contributed by atoms with Gasteiger partial charge in [0.25, 0.3) is 0 Å². The molecule has 6 heteroatoms. The summed E-state index contributed by atoms with van der Waals surface area (Å²) in [5, 5.41) is 9.42. The summed E-state index contributed by atoms with van der Waals surface area (Å²) in [6, 6.07) is 3.43. The van der Waals surface area contributed by atoms with Crippen LogP contribution in [0.5, 0.6) is 11.6 Å². The molecule has 0 atom stereocenters. The summed E-state index contributed by atoms with van der Waals surface area (Å²) in [6.45, 7) is 2.15. The van der Waals surface area contributed by atoms with Crippen LogP contribution in [0.4, 0.5) is 11.6 Å². The van der Waals surface area contributed by atoms with Crippen molar-refractivity contribution < 1.29 is 14.6 Å². The molecule has 0 fully saturated rings. The minimum absolute atomic E-state index is 0.0240. The van der Waals surface area contributed by atoms with E-state index in [-0.39, 0.29) is 11.7 Å². The minimum atomic E-state index is 0.0240. The molecular weight excluding hydrogens is 246 g/mol. The molecule has 2 aromatic rings.